The molecule has 0 saturated carbocycles. The number of thiazole rings is 1. The van der Waals surface area contributed by atoms with E-state index < -0.39 is 12.0 Å². The zero-order chi connectivity index (χ0) is 34.6. The number of rotatable bonds is 9. The van der Waals surface area contributed by atoms with E-state index in [0.717, 1.165) is 18.2 Å². The zero-order valence-electron chi connectivity index (χ0n) is 26.8. The monoisotopic (exact) mass is 668 g/mol. The van der Waals surface area contributed by atoms with Crippen molar-refractivity contribution in [3.8, 4) is 23.1 Å². The summed E-state index contributed by atoms with van der Waals surface area (Å²) < 4.78 is 9.85. The van der Waals surface area contributed by atoms with E-state index in [2.05, 4.69) is 55.8 Å². The number of nitrogens with one attached hydrogen (secondary N) is 3. The zero-order valence-corrected chi connectivity index (χ0v) is 28.4. The predicted octanol–water partition coefficient (Wildman–Crippen LogP) is 4.88. The van der Waals surface area contributed by atoms with Gasteiger partial charge in [0, 0.05) is 41.6 Å². The van der Waals surface area contributed by atoms with E-state index in [9.17, 15) is 19.2 Å². The van der Waals surface area contributed by atoms with Crippen molar-refractivity contribution in [2.75, 3.05) is 19.5 Å². The number of hydrogen-bond donors (Lipinski definition) is 4. The van der Waals surface area contributed by atoms with E-state index in [1.54, 1.807) is 36.8 Å². The van der Waals surface area contributed by atoms with Crippen molar-refractivity contribution >= 4 is 69.6 Å². The third-order valence-electron chi connectivity index (χ3n) is 6.58. The summed E-state index contributed by atoms with van der Waals surface area (Å²) in [7, 11) is 2.87. The lowest BCUT2D eigenvalue weighted by atomic mass is 9.44. The molecule has 4 rings (SSSR count). The first-order chi connectivity index (χ1) is 22.1. The molecule has 0 aliphatic carbocycles. The van der Waals surface area contributed by atoms with Gasteiger partial charge in [-0.1, -0.05) is 44.9 Å². The van der Waals surface area contributed by atoms with Gasteiger partial charge in [-0.25, -0.2) is 15.0 Å². The summed E-state index contributed by atoms with van der Waals surface area (Å²) in [4.78, 5) is 54.4. The summed E-state index contributed by atoms with van der Waals surface area (Å²) in [5.41, 5.74) is 7.40. The number of carbonyl (C=O) groups is 3. The Hall–Kier alpha value is -4.55. The molecule has 0 spiro atoms. The molecule has 246 valence electrons. The molecule has 1 fully saturated rings. The molecule has 2 atom stereocenters. The van der Waals surface area contributed by atoms with Gasteiger partial charge in [-0.05, 0) is 31.4 Å². The standard InChI is InChI=1S/C15H13N3O3S.C13H19BN2O3.C2H6.CH3NS/c1-8(19)16-15-18-13(7-22-15)12-6-14(20)10-4-3-9(21-2)5-11(10)17-12;1-3-4-7-11(13(18)19-2)16-12(17)10-6-5-8-14(10)9-15;1-2;2-1-3/h3-7H,1-2H3,(H,17,20)(H,16,18,19);3,10-11H,1,4-8H2,2H3,(H,16,17);1-2H3;1H,(H2,2,3). The molecule has 1 aliphatic rings. The first kappa shape index (κ1) is 39.5. The topological polar surface area (TPSA) is 189 Å². The van der Waals surface area contributed by atoms with Crippen LogP contribution in [-0.4, -0.2) is 60.2 Å². The van der Waals surface area contributed by atoms with E-state index >= 15 is 0 Å². The average Bonchev–Trinajstić information content (AvgIpc) is 3.73. The highest BCUT2D eigenvalue weighted by Gasteiger charge is 2.38. The Labute approximate surface area is 278 Å². The van der Waals surface area contributed by atoms with Crippen LogP contribution in [-0.2, 0) is 19.1 Å². The number of aromatic amines is 1. The Kier molecular flexibility index (Phi) is 18.2. The van der Waals surface area contributed by atoms with Gasteiger partial charge >= 0.3 is 5.97 Å². The lowest BCUT2D eigenvalue weighted by molar-refractivity contribution is -0.145. The Morgan fingerprint density at radius 1 is 1.33 bits per heavy atom. The number of nitrogens with two attached hydrogens (primary N) is 1. The number of thiocarbonyl (C=S) groups is 1. The molecule has 1 aromatic carbocycles. The number of benzene rings is 1. The van der Waals surface area contributed by atoms with Crippen molar-refractivity contribution < 1.29 is 23.9 Å². The number of esters is 1. The second-order valence-electron chi connectivity index (χ2n) is 9.54. The van der Waals surface area contributed by atoms with E-state index in [4.69, 9.17) is 10.00 Å². The van der Waals surface area contributed by atoms with Gasteiger partial charge in [-0.15, -0.1) is 17.9 Å². The number of H-pyrrole nitrogens is 1. The molecule has 15 heteroatoms. The van der Waals surface area contributed by atoms with Crippen molar-refractivity contribution in [1.29, 1.82) is 5.26 Å². The van der Waals surface area contributed by atoms with Crippen LogP contribution in [0.15, 0.2) is 47.1 Å². The molecule has 0 radical (unpaired) electrons. The number of nitriles is 1. The van der Waals surface area contributed by atoms with Crippen LogP contribution in [0.4, 0.5) is 5.13 Å². The van der Waals surface area contributed by atoms with E-state index in [1.807, 2.05) is 13.8 Å². The van der Waals surface area contributed by atoms with Crippen molar-refractivity contribution in [2.24, 2.45) is 5.73 Å². The summed E-state index contributed by atoms with van der Waals surface area (Å²) in [6.07, 6.45) is 5.11. The summed E-state index contributed by atoms with van der Waals surface area (Å²) in [5, 5.41) is 17.2. The van der Waals surface area contributed by atoms with Crippen LogP contribution < -0.4 is 26.5 Å². The number of hydrogen-bond acceptors (Lipinski definition) is 10. The van der Waals surface area contributed by atoms with E-state index in [1.165, 1.54) is 31.4 Å². The first-order valence-electron chi connectivity index (χ1n) is 14.6. The van der Waals surface area contributed by atoms with Crippen molar-refractivity contribution in [3.05, 3.63) is 52.5 Å². The van der Waals surface area contributed by atoms with Crippen LogP contribution in [0.5, 0.6) is 5.75 Å². The number of pyridine rings is 1. The first-order valence-corrected chi connectivity index (χ1v) is 16.0. The Bertz CT molecular complexity index is 1570. The number of aromatic nitrogens is 2. The fourth-order valence-corrected chi connectivity index (χ4v) is 5.24. The molecule has 3 heterocycles. The van der Waals surface area contributed by atoms with Crippen LogP contribution in [0.25, 0.3) is 22.3 Å². The van der Waals surface area contributed by atoms with Crippen molar-refractivity contribution in [2.45, 2.75) is 64.6 Å². The molecule has 0 bridgehead atoms. The van der Waals surface area contributed by atoms with Gasteiger partial charge < -0.3 is 30.8 Å². The molecular weight excluding hydrogens is 627 g/mol. The summed E-state index contributed by atoms with van der Waals surface area (Å²) >= 11 is 5.35. The quantitative estimate of drug-likeness (QED) is 0.106. The number of amides is 2. The second-order valence-corrected chi connectivity index (χ2v) is 10.7. The third kappa shape index (κ3) is 12.1. The largest absolute Gasteiger partial charge is 0.497 e. The highest BCUT2D eigenvalue weighted by atomic mass is 32.1. The van der Waals surface area contributed by atoms with Crippen molar-refractivity contribution in [3.63, 3.8) is 0 Å². The lowest BCUT2D eigenvalue weighted by Crippen LogP contribution is -2.44. The SMILES string of the molecule is C=CCCC(NC(=O)C1CCCB1C#N)C(=O)OC.CC.COc1ccc2c(=O)cc(-c3csc(NC(C)=O)n3)[nH]c2c1.NC=S. The minimum Gasteiger partial charge on any atom is -0.497 e. The van der Waals surface area contributed by atoms with E-state index in [-0.39, 0.29) is 29.8 Å². The van der Waals surface area contributed by atoms with Crippen LogP contribution >= 0.6 is 23.6 Å². The highest BCUT2D eigenvalue weighted by molar-refractivity contribution is 7.78. The average molecular weight is 669 g/mol. The Morgan fingerprint density at radius 2 is 2.02 bits per heavy atom. The maximum Gasteiger partial charge on any atom is 0.328 e. The van der Waals surface area contributed by atoms with Crippen LogP contribution in [0.2, 0.25) is 12.1 Å². The van der Waals surface area contributed by atoms with Gasteiger partial charge in [-0.2, -0.15) is 0 Å². The predicted molar refractivity (Wildman–Crippen MR) is 188 cm³/mol. The maximum absolute atomic E-state index is 12.2. The molecule has 1 saturated heterocycles. The van der Waals surface area contributed by atoms with Crippen LogP contribution in [0.3, 0.4) is 0 Å². The fourth-order valence-electron chi connectivity index (χ4n) is 4.48. The number of fused-ring (bicyclic) bond motifs is 1. The third-order valence-corrected chi connectivity index (χ3v) is 7.34. The number of nitrogens with zero attached hydrogens (tertiary/aromatic N) is 2. The molecular formula is C31H41BN6O6S2. The maximum atomic E-state index is 12.2. The molecule has 2 unspecified atom stereocenters. The molecule has 3 aromatic rings. The normalized spacial score (nSPS) is 13.5. The Balaban J connectivity index is 0.000000408. The summed E-state index contributed by atoms with van der Waals surface area (Å²) in [6.45, 7) is 8.78. The molecule has 5 N–H and O–H groups in total. The van der Waals surface area contributed by atoms with Crippen LogP contribution in [0.1, 0.15) is 46.5 Å². The lowest BCUT2D eigenvalue weighted by Gasteiger charge is -2.19. The Morgan fingerprint density at radius 3 is 2.61 bits per heavy atom. The van der Waals surface area contributed by atoms with Gasteiger partial charge in [0.15, 0.2) is 10.6 Å². The number of carbonyl (C=O) groups excluding carboxylic acids is 3. The fraction of sp³-hybridized carbons (Fsp3) is 0.387. The van der Waals surface area contributed by atoms with E-state index in [0.29, 0.717) is 52.4 Å². The number of allylic oxidation sites excluding steroid dienone is 1. The molecule has 2 amide bonds. The van der Waals surface area contributed by atoms with Crippen molar-refractivity contribution in [1.82, 2.24) is 15.3 Å². The second kappa shape index (κ2) is 21.2. The number of ether oxygens (including phenoxy) is 2. The molecule has 46 heavy (non-hydrogen) atoms. The highest BCUT2D eigenvalue weighted by Crippen LogP contribution is 2.30. The molecule has 12 nitrogen and oxygen atoms in total. The van der Waals surface area contributed by atoms with Gasteiger partial charge in [0.05, 0.1) is 36.6 Å². The van der Waals surface area contributed by atoms with Gasteiger partial charge in [0.25, 0.3) is 6.71 Å². The minimum atomic E-state index is -0.657. The summed E-state index contributed by atoms with van der Waals surface area (Å²) in [5.74, 6) is 1.66. The molecule has 1 aliphatic heterocycles. The minimum absolute atomic E-state index is 0.0968. The molecule has 2 aromatic heterocycles. The summed E-state index contributed by atoms with van der Waals surface area (Å²) in [6, 6.07) is 6.08. The number of anilines is 1. The van der Waals surface area contributed by atoms with Gasteiger partial charge in [-0.3, -0.25) is 14.4 Å². The van der Waals surface area contributed by atoms with Gasteiger partial charge in [0.2, 0.25) is 11.8 Å². The van der Waals surface area contributed by atoms with Gasteiger partial charge in [0.1, 0.15) is 11.8 Å². The number of methoxy groups -OCH3 is 2. The smallest absolute Gasteiger partial charge is 0.328 e. The van der Waals surface area contributed by atoms with Crippen LogP contribution in [0, 0.1) is 11.2 Å².